The average Bonchev–Trinajstić information content (AvgIpc) is 3.08. The van der Waals surface area contributed by atoms with Gasteiger partial charge in [-0.1, -0.05) is 153 Å². The van der Waals surface area contributed by atoms with Crippen molar-refractivity contribution >= 4 is 5.91 Å². The molecule has 0 N–H and O–H groups in total. The second-order valence-corrected chi connectivity index (χ2v) is 12.0. The molecule has 0 unspecified atom stereocenters. The van der Waals surface area contributed by atoms with Gasteiger partial charge in [-0.05, 0) is 53.1 Å². The minimum atomic E-state index is -0.131. The molecule has 0 bridgehead atoms. The van der Waals surface area contributed by atoms with Gasteiger partial charge in [0.25, 0.3) is 0 Å². The fraction of sp³-hybridized carbons (Fsp3) is 0.244. The van der Waals surface area contributed by atoms with E-state index >= 15 is 0 Å². The monoisotopic (exact) mass is 580 g/mol. The SMILES string of the molecule is C[C@H](C[C@H](Cc1ccc(-c2ccccc2)cc1)N(Cc1ccccc1)Cc1ccccc1)C(=O)N(C)[C@@H](C)c1ccccc1. The molecular weight excluding hydrogens is 536 g/mol. The lowest BCUT2D eigenvalue weighted by atomic mass is 9.92. The molecule has 224 valence electrons. The highest BCUT2D eigenvalue weighted by Crippen LogP contribution is 2.27. The van der Waals surface area contributed by atoms with E-state index in [2.05, 4.69) is 146 Å². The first-order valence-corrected chi connectivity index (χ1v) is 15.8. The van der Waals surface area contributed by atoms with Crippen molar-refractivity contribution in [1.82, 2.24) is 9.80 Å². The Morgan fingerprint density at radius 3 is 1.55 bits per heavy atom. The van der Waals surface area contributed by atoms with Crippen molar-refractivity contribution in [3.63, 3.8) is 0 Å². The summed E-state index contributed by atoms with van der Waals surface area (Å²) in [6.45, 7) is 5.85. The smallest absolute Gasteiger partial charge is 0.225 e. The predicted octanol–water partition coefficient (Wildman–Crippen LogP) is 9.21. The third-order valence-corrected chi connectivity index (χ3v) is 8.76. The van der Waals surface area contributed by atoms with Crippen molar-refractivity contribution in [2.75, 3.05) is 7.05 Å². The quantitative estimate of drug-likeness (QED) is 0.139. The van der Waals surface area contributed by atoms with Crippen LogP contribution in [0, 0.1) is 5.92 Å². The molecule has 0 aliphatic heterocycles. The summed E-state index contributed by atoms with van der Waals surface area (Å²) in [4.78, 5) is 18.4. The van der Waals surface area contributed by atoms with E-state index in [4.69, 9.17) is 0 Å². The summed E-state index contributed by atoms with van der Waals surface area (Å²) in [5, 5.41) is 0. The molecule has 5 aromatic carbocycles. The molecule has 1 amide bonds. The summed E-state index contributed by atoms with van der Waals surface area (Å²) < 4.78 is 0. The number of nitrogens with zero attached hydrogens (tertiary/aromatic N) is 2. The van der Waals surface area contributed by atoms with Crippen LogP contribution in [-0.4, -0.2) is 28.8 Å². The Balaban J connectivity index is 1.42. The van der Waals surface area contributed by atoms with E-state index in [1.807, 2.05) is 30.1 Å². The van der Waals surface area contributed by atoms with E-state index < -0.39 is 0 Å². The van der Waals surface area contributed by atoms with Crippen LogP contribution in [0.1, 0.15) is 48.6 Å². The molecule has 5 aromatic rings. The van der Waals surface area contributed by atoms with Gasteiger partial charge in [-0.15, -0.1) is 0 Å². The highest BCUT2D eigenvalue weighted by molar-refractivity contribution is 5.78. The van der Waals surface area contributed by atoms with Crippen LogP contribution < -0.4 is 0 Å². The van der Waals surface area contributed by atoms with Gasteiger partial charge in [-0.25, -0.2) is 0 Å². The van der Waals surface area contributed by atoms with E-state index in [1.165, 1.54) is 27.8 Å². The maximum Gasteiger partial charge on any atom is 0.225 e. The lowest BCUT2D eigenvalue weighted by molar-refractivity contribution is -0.136. The molecule has 0 heterocycles. The lowest BCUT2D eigenvalue weighted by Gasteiger charge is -2.35. The third kappa shape index (κ3) is 8.33. The number of carbonyl (C=O) groups excluding carboxylic acids is 1. The summed E-state index contributed by atoms with van der Waals surface area (Å²) in [6.07, 6.45) is 1.63. The van der Waals surface area contributed by atoms with E-state index in [1.54, 1.807) is 0 Å². The average molecular weight is 581 g/mol. The molecule has 3 nitrogen and oxygen atoms in total. The van der Waals surface area contributed by atoms with Crippen LogP contribution in [0.4, 0.5) is 0 Å². The second-order valence-electron chi connectivity index (χ2n) is 12.0. The second kappa shape index (κ2) is 15.3. The number of rotatable bonds is 13. The molecular formula is C41H44N2O. The van der Waals surface area contributed by atoms with Crippen LogP contribution in [0.5, 0.6) is 0 Å². The number of hydrogen-bond acceptors (Lipinski definition) is 2. The molecule has 0 saturated heterocycles. The van der Waals surface area contributed by atoms with Crippen LogP contribution >= 0.6 is 0 Å². The first-order valence-electron chi connectivity index (χ1n) is 15.8. The zero-order chi connectivity index (χ0) is 30.7. The topological polar surface area (TPSA) is 23.6 Å². The van der Waals surface area contributed by atoms with Crippen molar-refractivity contribution in [2.24, 2.45) is 5.92 Å². The number of amides is 1. The molecule has 0 saturated carbocycles. The molecule has 3 heteroatoms. The summed E-state index contributed by atoms with van der Waals surface area (Å²) in [5.74, 6) is 0.0546. The van der Waals surface area contributed by atoms with Gasteiger partial charge in [-0.2, -0.15) is 0 Å². The molecule has 3 atom stereocenters. The molecule has 0 aromatic heterocycles. The Labute approximate surface area is 263 Å². The highest BCUT2D eigenvalue weighted by atomic mass is 16.2. The van der Waals surface area contributed by atoms with E-state index in [0.717, 1.165) is 31.5 Å². The van der Waals surface area contributed by atoms with Crippen molar-refractivity contribution in [3.8, 4) is 11.1 Å². The van der Waals surface area contributed by atoms with E-state index in [0.29, 0.717) is 0 Å². The summed E-state index contributed by atoms with van der Waals surface area (Å²) in [6, 6.07) is 51.4. The fourth-order valence-electron chi connectivity index (χ4n) is 6.05. The maximum atomic E-state index is 13.9. The molecule has 0 radical (unpaired) electrons. The molecule has 0 spiro atoms. The van der Waals surface area contributed by atoms with Gasteiger partial charge >= 0.3 is 0 Å². The normalized spacial score (nSPS) is 13.3. The maximum absolute atomic E-state index is 13.9. The van der Waals surface area contributed by atoms with Gasteiger partial charge in [0.1, 0.15) is 0 Å². The number of hydrogen-bond donors (Lipinski definition) is 0. The van der Waals surface area contributed by atoms with Gasteiger partial charge in [0, 0.05) is 32.1 Å². The van der Waals surface area contributed by atoms with Crippen LogP contribution in [-0.2, 0) is 24.3 Å². The van der Waals surface area contributed by atoms with Crippen molar-refractivity contribution in [3.05, 3.63) is 168 Å². The first kappa shape index (κ1) is 31.0. The van der Waals surface area contributed by atoms with Gasteiger partial charge in [-0.3, -0.25) is 9.69 Å². The fourth-order valence-corrected chi connectivity index (χ4v) is 6.05. The first-order chi connectivity index (χ1) is 21.5. The molecule has 0 aliphatic carbocycles. The Morgan fingerprint density at radius 2 is 1.02 bits per heavy atom. The van der Waals surface area contributed by atoms with Crippen molar-refractivity contribution in [1.29, 1.82) is 0 Å². The Morgan fingerprint density at radius 1 is 0.568 bits per heavy atom. The Kier molecular flexibility index (Phi) is 10.8. The van der Waals surface area contributed by atoms with Gasteiger partial charge in [0.2, 0.25) is 5.91 Å². The van der Waals surface area contributed by atoms with Crippen molar-refractivity contribution < 1.29 is 4.79 Å². The van der Waals surface area contributed by atoms with Crippen LogP contribution in [0.3, 0.4) is 0 Å². The van der Waals surface area contributed by atoms with E-state index in [9.17, 15) is 4.79 Å². The molecule has 5 rings (SSSR count). The van der Waals surface area contributed by atoms with Crippen LogP contribution in [0.2, 0.25) is 0 Å². The lowest BCUT2D eigenvalue weighted by Crippen LogP contribution is -2.41. The Bertz CT molecular complexity index is 1510. The zero-order valence-corrected chi connectivity index (χ0v) is 26.2. The Hall–Kier alpha value is -4.47. The largest absolute Gasteiger partial charge is 0.339 e. The summed E-state index contributed by atoms with van der Waals surface area (Å²) in [5.41, 5.74) is 7.44. The number of carbonyl (C=O) groups is 1. The van der Waals surface area contributed by atoms with Gasteiger partial charge < -0.3 is 4.90 Å². The standard InChI is InChI=1S/C41H44N2O/c1-32(41(44)42(3)33(2)37-20-12-6-13-21-37)28-40(29-34-24-26-39(27-25-34)38-22-14-7-15-23-38)43(30-35-16-8-4-9-17-35)31-36-18-10-5-11-19-36/h4-27,32-33,40H,28-31H2,1-3H3/t32-,33+,40-/m1/s1. The van der Waals surface area contributed by atoms with Gasteiger partial charge in [0.15, 0.2) is 0 Å². The van der Waals surface area contributed by atoms with Crippen molar-refractivity contribution in [2.45, 2.75) is 51.9 Å². The van der Waals surface area contributed by atoms with E-state index in [-0.39, 0.29) is 23.9 Å². The highest BCUT2D eigenvalue weighted by Gasteiger charge is 2.28. The molecule has 0 fully saturated rings. The summed E-state index contributed by atoms with van der Waals surface area (Å²) >= 11 is 0. The third-order valence-electron chi connectivity index (χ3n) is 8.76. The molecule has 44 heavy (non-hydrogen) atoms. The van der Waals surface area contributed by atoms with Crippen LogP contribution in [0.25, 0.3) is 11.1 Å². The summed E-state index contributed by atoms with van der Waals surface area (Å²) in [7, 11) is 1.94. The minimum absolute atomic E-state index is 0.0138. The number of benzene rings is 5. The minimum Gasteiger partial charge on any atom is -0.339 e. The molecule has 0 aliphatic rings. The van der Waals surface area contributed by atoms with Gasteiger partial charge in [0.05, 0.1) is 6.04 Å². The predicted molar refractivity (Wildman–Crippen MR) is 183 cm³/mol. The zero-order valence-electron chi connectivity index (χ0n) is 26.2. The van der Waals surface area contributed by atoms with Crippen LogP contribution in [0.15, 0.2) is 146 Å².